The van der Waals surface area contributed by atoms with Crippen LogP contribution in [0, 0.1) is 0 Å². The molecule has 30 heavy (non-hydrogen) atoms. The Hall–Kier alpha value is -1.90. The van der Waals surface area contributed by atoms with Gasteiger partial charge >= 0.3 is 12.0 Å². The molecule has 1 atom stereocenters. The number of carbonyl (C=O) groups excluding carboxylic acids is 2. The number of hydrogen-bond donors (Lipinski definition) is 2. The van der Waals surface area contributed by atoms with E-state index < -0.39 is 6.04 Å². The highest BCUT2D eigenvalue weighted by molar-refractivity contribution is 7.10. The van der Waals surface area contributed by atoms with Crippen molar-refractivity contribution < 1.29 is 14.3 Å². The van der Waals surface area contributed by atoms with Crippen LogP contribution in [0.5, 0.6) is 0 Å². The molecule has 2 amide bonds. The van der Waals surface area contributed by atoms with Crippen LogP contribution in [-0.4, -0.2) is 67.2 Å². The molecule has 8 heteroatoms. The Kier molecular flexibility index (Phi) is 7.07. The topological polar surface area (TPSA) is 73.9 Å². The normalized spacial score (nSPS) is 24.4. The second-order valence-electron chi connectivity index (χ2n) is 8.26. The number of hydrogen-bond acceptors (Lipinski definition) is 6. The molecule has 4 rings (SSSR count). The van der Waals surface area contributed by atoms with Crippen LogP contribution in [-0.2, 0) is 9.53 Å². The maximum Gasteiger partial charge on any atom is 0.338 e. The summed E-state index contributed by atoms with van der Waals surface area (Å²) in [4.78, 5) is 31.1. The number of amides is 2. The number of nitrogens with one attached hydrogen (secondary N) is 2. The van der Waals surface area contributed by atoms with Crippen LogP contribution in [0.3, 0.4) is 0 Å². The third-order valence-corrected chi connectivity index (χ3v) is 7.29. The molecule has 3 heterocycles. The fourth-order valence-corrected chi connectivity index (χ4v) is 5.60. The highest BCUT2D eigenvalue weighted by Crippen LogP contribution is 2.31. The second kappa shape index (κ2) is 9.94. The summed E-state index contributed by atoms with van der Waals surface area (Å²) in [6.07, 6.45) is 6.72. The van der Waals surface area contributed by atoms with Gasteiger partial charge in [0.2, 0.25) is 0 Å². The van der Waals surface area contributed by atoms with Crippen LogP contribution < -0.4 is 10.6 Å². The fourth-order valence-electron chi connectivity index (χ4n) is 4.82. The Morgan fingerprint density at radius 1 is 1.20 bits per heavy atom. The summed E-state index contributed by atoms with van der Waals surface area (Å²) >= 11 is 1.53. The first-order chi connectivity index (χ1) is 14.7. The molecule has 7 nitrogen and oxygen atoms in total. The van der Waals surface area contributed by atoms with E-state index in [0.29, 0.717) is 24.4 Å². The summed E-state index contributed by atoms with van der Waals surface area (Å²) in [5.41, 5.74) is 1.19. The van der Waals surface area contributed by atoms with Crippen molar-refractivity contribution in [3.63, 3.8) is 0 Å². The van der Waals surface area contributed by atoms with E-state index >= 15 is 0 Å². The van der Waals surface area contributed by atoms with Gasteiger partial charge in [0.25, 0.3) is 0 Å². The molecule has 2 N–H and O–H groups in total. The molecule has 164 valence electrons. The third kappa shape index (κ3) is 4.87. The van der Waals surface area contributed by atoms with Crippen LogP contribution in [0.2, 0.25) is 0 Å². The Balaban J connectivity index is 1.48. The number of carbonyl (C=O) groups is 2. The number of ether oxygens (including phenoxy) is 1. The van der Waals surface area contributed by atoms with Crippen molar-refractivity contribution in [2.75, 3.05) is 39.3 Å². The molecule has 0 bridgehead atoms. The molecule has 1 aliphatic carbocycles. The average molecular weight is 433 g/mol. The molecule has 3 aliphatic rings. The summed E-state index contributed by atoms with van der Waals surface area (Å²) < 4.78 is 5.35. The number of esters is 1. The third-order valence-electron chi connectivity index (χ3n) is 6.36. The molecule has 2 aliphatic heterocycles. The minimum atomic E-state index is -0.462. The van der Waals surface area contributed by atoms with E-state index in [-0.39, 0.29) is 12.0 Å². The van der Waals surface area contributed by atoms with Gasteiger partial charge in [0.15, 0.2) is 0 Å². The van der Waals surface area contributed by atoms with Gasteiger partial charge in [-0.05, 0) is 31.2 Å². The van der Waals surface area contributed by atoms with E-state index in [1.807, 2.05) is 17.5 Å². The molecule has 1 unspecified atom stereocenters. The molecule has 1 aromatic rings. The monoisotopic (exact) mass is 432 g/mol. The van der Waals surface area contributed by atoms with Gasteiger partial charge in [0, 0.05) is 49.3 Å². The second-order valence-corrected chi connectivity index (χ2v) is 9.24. The molecule has 2 fully saturated rings. The van der Waals surface area contributed by atoms with Crippen LogP contribution in [0.1, 0.15) is 49.9 Å². The maximum absolute atomic E-state index is 12.8. The number of thiophene rings is 1. The number of piperazine rings is 1. The minimum absolute atomic E-state index is 0.266. The van der Waals surface area contributed by atoms with Gasteiger partial charge < -0.3 is 15.4 Å². The Morgan fingerprint density at radius 3 is 2.63 bits per heavy atom. The molecular weight excluding hydrogens is 400 g/mol. The lowest BCUT2D eigenvalue weighted by Crippen LogP contribution is -2.53. The average Bonchev–Trinajstić information content (AvgIpc) is 3.29. The van der Waals surface area contributed by atoms with Gasteiger partial charge in [-0.15, -0.1) is 11.3 Å². The summed E-state index contributed by atoms with van der Waals surface area (Å²) in [6.45, 7) is 6.66. The van der Waals surface area contributed by atoms with Gasteiger partial charge in [-0.2, -0.15) is 0 Å². The smallest absolute Gasteiger partial charge is 0.338 e. The van der Waals surface area contributed by atoms with Gasteiger partial charge in [0.1, 0.15) is 0 Å². The zero-order chi connectivity index (χ0) is 20.9. The van der Waals surface area contributed by atoms with E-state index in [0.717, 1.165) is 37.1 Å². The largest absolute Gasteiger partial charge is 0.463 e. The fraction of sp³-hybridized carbons (Fsp3) is 0.636. The van der Waals surface area contributed by atoms with Crippen molar-refractivity contribution in [3.8, 4) is 0 Å². The van der Waals surface area contributed by atoms with E-state index in [1.165, 1.54) is 43.4 Å². The van der Waals surface area contributed by atoms with Gasteiger partial charge in [0.05, 0.1) is 18.2 Å². The minimum Gasteiger partial charge on any atom is -0.463 e. The first kappa shape index (κ1) is 21.3. The lowest BCUT2D eigenvalue weighted by Gasteiger charge is -2.41. The summed E-state index contributed by atoms with van der Waals surface area (Å²) in [5.74, 6) is -0.362. The Bertz CT molecular complexity index is 765. The lowest BCUT2D eigenvalue weighted by molar-refractivity contribution is -0.139. The van der Waals surface area contributed by atoms with Crippen molar-refractivity contribution in [2.45, 2.75) is 51.1 Å². The van der Waals surface area contributed by atoms with E-state index in [4.69, 9.17) is 4.74 Å². The van der Waals surface area contributed by atoms with Gasteiger partial charge in [-0.1, -0.05) is 25.3 Å². The van der Waals surface area contributed by atoms with Crippen molar-refractivity contribution in [3.05, 3.63) is 33.7 Å². The van der Waals surface area contributed by atoms with Crippen molar-refractivity contribution >= 4 is 23.3 Å². The van der Waals surface area contributed by atoms with E-state index in [2.05, 4.69) is 20.4 Å². The zero-order valence-corrected chi connectivity index (χ0v) is 18.5. The first-order valence-corrected chi connectivity index (χ1v) is 12.0. The standard InChI is InChI=1S/C22H32N4O3S/c1-2-29-21(27)19-17(23-22(28)24-20(19)18-9-6-14-30-18)15-25-10-12-26(13-11-25)16-7-4-3-5-8-16/h6,9,14,16,20H,2-5,7-8,10-13,15H2,1H3,(H2,23,24,28). The van der Waals surface area contributed by atoms with Crippen LogP contribution >= 0.6 is 11.3 Å². The van der Waals surface area contributed by atoms with Gasteiger partial charge in [-0.25, -0.2) is 9.59 Å². The van der Waals surface area contributed by atoms with Crippen molar-refractivity contribution in [1.29, 1.82) is 0 Å². The predicted molar refractivity (Wildman–Crippen MR) is 117 cm³/mol. The van der Waals surface area contributed by atoms with E-state index in [9.17, 15) is 9.59 Å². The molecule has 0 aromatic carbocycles. The number of urea groups is 1. The number of rotatable bonds is 6. The quantitative estimate of drug-likeness (QED) is 0.676. The number of nitrogens with zero attached hydrogens (tertiary/aromatic N) is 2. The summed E-state index contributed by atoms with van der Waals surface area (Å²) in [7, 11) is 0. The lowest BCUT2D eigenvalue weighted by atomic mass is 9.94. The Labute approximate surface area is 182 Å². The Morgan fingerprint density at radius 2 is 1.97 bits per heavy atom. The molecule has 1 aromatic heterocycles. The SMILES string of the molecule is CCOC(=O)C1=C(CN2CCN(C3CCCCC3)CC2)NC(=O)NC1c1cccs1. The molecule has 0 spiro atoms. The molecule has 1 saturated carbocycles. The molecule has 1 saturated heterocycles. The van der Waals surface area contributed by atoms with Crippen molar-refractivity contribution in [2.24, 2.45) is 0 Å². The van der Waals surface area contributed by atoms with Crippen LogP contribution in [0.4, 0.5) is 4.79 Å². The maximum atomic E-state index is 12.8. The van der Waals surface area contributed by atoms with E-state index in [1.54, 1.807) is 6.92 Å². The zero-order valence-electron chi connectivity index (χ0n) is 17.7. The predicted octanol–water partition coefficient (Wildman–Crippen LogP) is 2.87. The molecule has 0 radical (unpaired) electrons. The summed E-state index contributed by atoms with van der Waals surface area (Å²) in [6, 6.07) is 3.88. The highest BCUT2D eigenvalue weighted by Gasteiger charge is 2.35. The van der Waals surface area contributed by atoms with Crippen LogP contribution in [0.15, 0.2) is 28.8 Å². The van der Waals surface area contributed by atoms with Crippen LogP contribution in [0.25, 0.3) is 0 Å². The van der Waals surface area contributed by atoms with Crippen molar-refractivity contribution in [1.82, 2.24) is 20.4 Å². The first-order valence-electron chi connectivity index (χ1n) is 11.1. The highest BCUT2D eigenvalue weighted by atomic mass is 32.1. The van der Waals surface area contributed by atoms with Gasteiger partial charge in [-0.3, -0.25) is 9.80 Å². The summed E-state index contributed by atoms with van der Waals surface area (Å²) in [5, 5.41) is 7.75. The molecular formula is C22H32N4O3S.